The zero-order valence-electron chi connectivity index (χ0n) is 19.2. The molecule has 9 heteroatoms. The van der Waals surface area contributed by atoms with Crippen molar-refractivity contribution < 1.29 is 19.1 Å². The van der Waals surface area contributed by atoms with Crippen LogP contribution in [0.5, 0.6) is 5.75 Å². The van der Waals surface area contributed by atoms with E-state index in [9.17, 15) is 14.4 Å². The minimum absolute atomic E-state index is 0.0947. The van der Waals surface area contributed by atoms with Crippen LogP contribution < -0.4 is 10.3 Å². The first-order valence-electron chi connectivity index (χ1n) is 11.2. The lowest BCUT2D eigenvalue weighted by atomic mass is 9.98. The molecular formula is C25H27N3O5S. The van der Waals surface area contributed by atoms with Gasteiger partial charge in [-0.15, -0.1) is 0 Å². The number of thioether (sulfide) groups is 1. The molecule has 1 aromatic heterocycles. The Morgan fingerprint density at radius 1 is 1.15 bits per heavy atom. The number of para-hydroxylation sites is 1. The first kappa shape index (κ1) is 23.8. The van der Waals surface area contributed by atoms with Crippen molar-refractivity contribution in [2.75, 3.05) is 32.6 Å². The summed E-state index contributed by atoms with van der Waals surface area (Å²) < 4.78 is 11.9. The van der Waals surface area contributed by atoms with Crippen LogP contribution in [-0.2, 0) is 14.3 Å². The third kappa shape index (κ3) is 5.09. The maximum atomic E-state index is 13.4. The van der Waals surface area contributed by atoms with Crippen LogP contribution in [0.25, 0.3) is 16.6 Å². The van der Waals surface area contributed by atoms with Gasteiger partial charge in [0, 0.05) is 13.1 Å². The number of likely N-dealkylation sites (tertiary alicyclic amines) is 1. The largest absolute Gasteiger partial charge is 0.497 e. The number of fused-ring (bicyclic) bond motifs is 1. The van der Waals surface area contributed by atoms with Gasteiger partial charge in [-0.3, -0.25) is 19.0 Å². The molecule has 0 aliphatic carbocycles. The van der Waals surface area contributed by atoms with E-state index >= 15 is 0 Å². The maximum Gasteiger partial charge on any atom is 0.310 e. The van der Waals surface area contributed by atoms with Gasteiger partial charge in [0.15, 0.2) is 5.16 Å². The van der Waals surface area contributed by atoms with Gasteiger partial charge in [0.05, 0.1) is 42.0 Å². The van der Waals surface area contributed by atoms with E-state index in [2.05, 4.69) is 4.98 Å². The van der Waals surface area contributed by atoms with Crippen LogP contribution in [0.2, 0.25) is 0 Å². The average molecular weight is 482 g/mol. The summed E-state index contributed by atoms with van der Waals surface area (Å²) in [6.07, 6.45) is 1.48. The van der Waals surface area contributed by atoms with Gasteiger partial charge in [0.2, 0.25) is 5.91 Å². The second-order valence-corrected chi connectivity index (χ2v) is 8.91. The first-order valence-corrected chi connectivity index (χ1v) is 12.2. The first-order chi connectivity index (χ1) is 16.5. The molecule has 3 aromatic rings. The van der Waals surface area contributed by atoms with Gasteiger partial charge in [-0.25, -0.2) is 4.98 Å². The van der Waals surface area contributed by atoms with Crippen molar-refractivity contribution in [3.05, 3.63) is 58.9 Å². The van der Waals surface area contributed by atoms with Crippen LogP contribution in [0.15, 0.2) is 58.5 Å². The van der Waals surface area contributed by atoms with E-state index < -0.39 is 0 Å². The average Bonchev–Trinajstić information content (AvgIpc) is 2.87. The molecular weight excluding hydrogens is 454 g/mol. The molecule has 34 heavy (non-hydrogen) atoms. The SMILES string of the molecule is CCOC(=O)[C@H]1CCCN(C(=O)CSc2nc3ccccc3c(=O)n2-c2ccc(OC)cc2)C1. The smallest absolute Gasteiger partial charge is 0.310 e. The summed E-state index contributed by atoms with van der Waals surface area (Å²) in [4.78, 5) is 44.9. The molecule has 0 bridgehead atoms. The quantitative estimate of drug-likeness (QED) is 0.291. The third-order valence-electron chi connectivity index (χ3n) is 5.79. The molecule has 0 N–H and O–H groups in total. The number of benzene rings is 2. The van der Waals surface area contributed by atoms with Crippen molar-refractivity contribution in [1.29, 1.82) is 0 Å². The summed E-state index contributed by atoms with van der Waals surface area (Å²) in [6, 6.07) is 14.3. The van der Waals surface area contributed by atoms with Gasteiger partial charge in [-0.2, -0.15) is 0 Å². The summed E-state index contributed by atoms with van der Waals surface area (Å²) in [5, 5.41) is 0.934. The highest BCUT2D eigenvalue weighted by Gasteiger charge is 2.29. The third-order valence-corrected chi connectivity index (χ3v) is 6.72. The summed E-state index contributed by atoms with van der Waals surface area (Å²) in [7, 11) is 1.58. The monoisotopic (exact) mass is 481 g/mol. The van der Waals surface area contributed by atoms with Crippen molar-refractivity contribution >= 4 is 34.5 Å². The van der Waals surface area contributed by atoms with Gasteiger partial charge < -0.3 is 14.4 Å². The Hall–Kier alpha value is -3.33. The molecule has 0 saturated carbocycles. The fraction of sp³-hybridized carbons (Fsp3) is 0.360. The maximum absolute atomic E-state index is 13.4. The Balaban J connectivity index is 1.59. The molecule has 0 spiro atoms. The van der Waals surface area contributed by atoms with E-state index in [1.807, 2.05) is 6.07 Å². The number of hydrogen-bond donors (Lipinski definition) is 0. The number of rotatable bonds is 7. The fourth-order valence-corrected chi connectivity index (χ4v) is 4.96. The van der Waals surface area contributed by atoms with Gasteiger partial charge in [0.1, 0.15) is 5.75 Å². The van der Waals surface area contributed by atoms with E-state index in [1.54, 1.807) is 61.4 Å². The predicted molar refractivity (Wildman–Crippen MR) is 131 cm³/mol. The number of methoxy groups -OCH3 is 1. The number of ether oxygens (including phenoxy) is 2. The molecule has 1 aliphatic rings. The summed E-state index contributed by atoms with van der Waals surface area (Å²) in [6.45, 7) is 3.06. The van der Waals surface area contributed by atoms with Gasteiger partial charge in [0.25, 0.3) is 5.56 Å². The Labute approximate surface area is 201 Å². The molecule has 178 valence electrons. The lowest BCUT2D eigenvalue weighted by Gasteiger charge is -2.31. The minimum atomic E-state index is -0.293. The number of piperidine rings is 1. The Morgan fingerprint density at radius 3 is 2.65 bits per heavy atom. The second-order valence-electron chi connectivity index (χ2n) is 7.97. The fourth-order valence-electron chi connectivity index (χ4n) is 4.04. The second kappa shape index (κ2) is 10.7. The zero-order valence-corrected chi connectivity index (χ0v) is 20.0. The van der Waals surface area contributed by atoms with Crippen molar-refractivity contribution in [1.82, 2.24) is 14.5 Å². The number of aromatic nitrogens is 2. The van der Waals surface area contributed by atoms with Crippen LogP contribution in [0.1, 0.15) is 19.8 Å². The zero-order chi connectivity index (χ0) is 24.1. The van der Waals surface area contributed by atoms with Crippen LogP contribution >= 0.6 is 11.8 Å². The molecule has 1 amide bonds. The Morgan fingerprint density at radius 2 is 1.91 bits per heavy atom. The standard InChI is InChI=1S/C25H27N3O5S/c1-3-33-24(31)17-7-6-14-27(15-17)22(29)16-34-25-26-21-9-5-4-8-20(21)23(30)28(25)18-10-12-19(32-2)13-11-18/h4-5,8-13,17H,3,6-7,14-16H2,1-2H3/t17-/m0/s1. The number of amides is 1. The van der Waals surface area contributed by atoms with E-state index in [1.165, 1.54) is 16.3 Å². The highest BCUT2D eigenvalue weighted by Crippen LogP contribution is 2.24. The lowest BCUT2D eigenvalue weighted by Crippen LogP contribution is -2.43. The van der Waals surface area contributed by atoms with Crippen molar-refractivity contribution in [2.24, 2.45) is 5.92 Å². The molecule has 2 aromatic carbocycles. The molecule has 8 nitrogen and oxygen atoms in total. The van der Waals surface area contributed by atoms with Crippen LogP contribution in [-0.4, -0.2) is 58.9 Å². The van der Waals surface area contributed by atoms with Crippen molar-refractivity contribution in [3.63, 3.8) is 0 Å². The van der Waals surface area contributed by atoms with E-state index in [0.29, 0.717) is 47.2 Å². The predicted octanol–water partition coefficient (Wildman–Crippen LogP) is 3.29. The molecule has 2 heterocycles. The summed E-state index contributed by atoms with van der Waals surface area (Å²) >= 11 is 1.22. The van der Waals surface area contributed by atoms with Crippen molar-refractivity contribution in [2.45, 2.75) is 24.9 Å². The molecule has 1 atom stereocenters. The molecule has 1 aliphatic heterocycles. The molecule has 1 fully saturated rings. The molecule has 0 unspecified atom stereocenters. The summed E-state index contributed by atoms with van der Waals surface area (Å²) in [5.41, 5.74) is 1.01. The number of carbonyl (C=O) groups excluding carboxylic acids is 2. The van der Waals surface area contributed by atoms with Gasteiger partial charge in [-0.05, 0) is 56.2 Å². The van der Waals surface area contributed by atoms with Crippen LogP contribution in [0.4, 0.5) is 0 Å². The lowest BCUT2D eigenvalue weighted by molar-refractivity contribution is -0.151. The Bertz CT molecular complexity index is 1240. The highest BCUT2D eigenvalue weighted by atomic mass is 32.2. The number of nitrogens with zero attached hydrogens (tertiary/aromatic N) is 3. The molecule has 4 rings (SSSR count). The minimum Gasteiger partial charge on any atom is -0.497 e. The number of esters is 1. The normalized spacial score (nSPS) is 15.8. The van der Waals surface area contributed by atoms with Crippen molar-refractivity contribution in [3.8, 4) is 11.4 Å². The topological polar surface area (TPSA) is 90.7 Å². The molecule has 1 saturated heterocycles. The van der Waals surface area contributed by atoms with E-state index in [-0.39, 0.29) is 29.1 Å². The Kier molecular flexibility index (Phi) is 7.52. The van der Waals surface area contributed by atoms with E-state index in [4.69, 9.17) is 9.47 Å². The highest BCUT2D eigenvalue weighted by molar-refractivity contribution is 7.99. The number of hydrogen-bond acceptors (Lipinski definition) is 7. The van der Waals surface area contributed by atoms with E-state index in [0.717, 1.165) is 12.8 Å². The van der Waals surface area contributed by atoms with Gasteiger partial charge >= 0.3 is 5.97 Å². The summed E-state index contributed by atoms with van der Waals surface area (Å²) in [5.74, 6) is 0.145. The van der Waals surface area contributed by atoms with Crippen LogP contribution in [0, 0.1) is 5.92 Å². The van der Waals surface area contributed by atoms with Crippen LogP contribution in [0.3, 0.4) is 0 Å². The van der Waals surface area contributed by atoms with Gasteiger partial charge in [-0.1, -0.05) is 23.9 Å². The molecule has 0 radical (unpaired) electrons. The number of carbonyl (C=O) groups is 2.